The van der Waals surface area contributed by atoms with Gasteiger partial charge in [0, 0.05) is 97.3 Å². The van der Waals surface area contributed by atoms with Gasteiger partial charge in [0.25, 0.3) is 0 Å². The zero-order valence-corrected chi connectivity index (χ0v) is 76.0. The Balaban J connectivity index is 0.000000311. The van der Waals surface area contributed by atoms with Crippen LogP contribution in [0.4, 0.5) is 27.4 Å². The highest BCUT2D eigenvalue weighted by Gasteiger charge is 2.51. The quantitative estimate of drug-likeness (QED) is 0.0223. The van der Waals surface area contributed by atoms with Crippen LogP contribution in [0, 0.1) is 19.1 Å². The Kier molecular flexibility index (Phi) is 47.0. The second-order valence-electron chi connectivity index (χ2n) is 28.9. The van der Waals surface area contributed by atoms with Gasteiger partial charge in [-0.25, -0.2) is 30.9 Å². The van der Waals surface area contributed by atoms with Crippen LogP contribution < -0.4 is 30.7 Å². The largest absolute Gasteiger partial charge is 0.478 e. The van der Waals surface area contributed by atoms with E-state index in [0.29, 0.717) is 120 Å². The standard InChI is InChI=1S/2C23H26ClN5O.C11H18N2O2.C9H21O6P3.C7H13N.C6H15N.C5H8O3.CH3F/c2*1-28-11-4-7-16(28)14-30-23-26-19-13-29(12-10-17(19)22(25)27-23)20-9-3-6-15-5-2-8-18(24)21(15)20;1-5-13(10(2)9-12-3)11(14)7-6-8-15-4;1-4-7-16(10)13-17(11,8-5-2)15-18(12,14-16)9-6-3;1-4-5-7(2)6-8-3;1-4-7(5-2)6-3;1-8-4-2-3-5(6)7;1-2/h2*2-3,5-6,8-9,16H,4,7,10-14H2,1H3,(H2,25,26,27);6-7,10H,5,8-9H2,1-2,4H3;4-9H2,1-3H3;7H,4-6H2,1-2H3;4-6H2,1-3H3;2-3H,4H2,1H3,(H,6,7);1H3/b;;7-6+;;;;3-2+;/t2*16-;10-;;7-;;;/m001.0.../s1/i;;;;;;;1D. The number of halogens is 3. The Hall–Kier alpha value is -7.36. The van der Waals surface area contributed by atoms with Gasteiger partial charge in [-0.1, -0.05) is 146 Å². The topological polar surface area (TPSA) is 302 Å². The molecule has 5 aliphatic rings. The monoisotopic (exact) mass is 1740 g/mol. The second kappa shape index (κ2) is 54.8. The molecule has 0 unspecified atom stereocenters. The smallest absolute Gasteiger partial charge is 0.345 e. The number of carboxylic acids is 1. The Bertz CT molecular complexity index is 4110. The van der Waals surface area contributed by atoms with Crippen molar-refractivity contribution in [2.75, 3.05) is 167 Å². The summed E-state index contributed by atoms with van der Waals surface area (Å²) in [4.78, 5) is 59.6. The number of carbonyl (C=O) groups is 2. The van der Waals surface area contributed by atoms with E-state index >= 15 is 0 Å². The molecule has 33 heteroatoms. The van der Waals surface area contributed by atoms with Gasteiger partial charge in [-0.15, -0.1) is 0 Å². The third-order valence-corrected chi connectivity index (χ3v) is 29.6. The average Bonchev–Trinajstić information content (AvgIpc) is 1.18. The van der Waals surface area contributed by atoms with Crippen LogP contribution in [0.1, 0.15) is 151 Å². The fourth-order valence-corrected chi connectivity index (χ4v) is 23.7. The maximum atomic E-state index is 12.3. The number of benzene rings is 4. The number of aliphatic carboxylic acids is 1. The lowest BCUT2D eigenvalue weighted by atomic mass is 10.0. The fraction of sp³-hybridized carbons (Fsp3) is 0.576. The molecule has 2 aromatic heterocycles. The first-order valence-electron chi connectivity index (χ1n) is 41.5. The number of amides is 1. The zero-order chi connectivity index (χ0) is 88.1. The van der Waals surface area contributed by atoms with Crippen molar-refractivity contribution in [1.29, 1.82) is 0 Å². The minimum Gasteiger partial charge on any atom is -0.478 e. The van der Waals surface area contributed by atoms with Crippen molar-refractivity contribution in [3.05, 3.63) is 152 Å². The molecule has 0 bridgehead atoms. The van der Waals surface area contributed by atoms with Crippen LogP contribution in [0.5, 0.6) is 12.0 Å². The fourth-order valence-electron chi connectivity index (χ4n) is 13.8. The molecule has 5 aliphatic heterocycles. The zero-order valence-electron chi connectivity index (χ0n) is 72.8. The molecule has 654 valence electrons. The number of carbonyl (C=O) groups excluding carboxylic acids is 1. The number of ether oxygens (including phenoxy) is 4. The number of aromatic nitrogens is 4. The molecule has 7 heterocycles. The molecule has 3 fully saturated rings. The average molecular weight is 1740 g/mol. The van der Waals surface area contributed by atoms with Gasteiger partial charge >= 0.3 is 40.8 Å². The number of methoxy groups -OCH3 is 2. The number of nitrogens with two attached hydrogens (primary N) is 2. The molecule has 0 spiro atoms. The molecule has 0 saturated carbocycles. The summed E-state index contributed by atoms with van der Waals surface area (Å²) < 4.78 is 89.0. The Morgan fingerprint density at radius 3 is 1.36 bits per heavy atom. The molecule has 3 saturated heterocycles. The van der Waals surface area contributed by atoms with E-state index < -0.39 is 35.9 Å². The van der Waals surface area contributed by atoms with Gasteiger partial charge in [0.1, 0.15) is 30.9 Å². The number of hydrogen-bond donors (Lipinski definition) is 3. The molecule has 0 aliphatic carbocycles. The number of likely N-dealkylation sites (tertiary alicyclic amines) is 2. The van der Waals surface area contributed by atoms with E-state index in [4.69, 9.17) is 91.4 Å². The molecule has 27 nitrogen and oxygen atoms in total. The van der Waals surface area contributed by atoms with Gasteiger partial charge in [0.2, 0.25) is 19.0 Å². The minimum atomic E-state index is -3.57. The number of carboxylic acid groups (broad SMARTS) is 1. The molecule has 118 heavy (non-hydrogen) atoms. The Morgan fingerprint density at radius 1 is 0.636 bits per heavy atom. The predicted molar refractivity (Wildman–Crippen MR) is 478 cm³/mol. The van der Waals surface area contributed by atoms with Crippen molar-refractivity contribution >= 4 is 102 Å². The van der Waals surface area contributed by atoms with Crippen LogP contribution in [0.3, 0.4) is 0 Å². The van der Waals surface area contributed by atoms with Crippen molar-refractivity contribution in [2.24, 2.45) is 5.92 Å². The van der Waals surface area contributed by atoms with Gasteiger partial charge in [-0.3, -0.25) is 22.9 Å². The maximum Gasteiger partial charge on any atom is 0.345 e. The van der Waals surface area contributed by atoms with E-state index in [2.05, 4.69) is 146 Å². The number of fused-ring (bicyclic) bond motifs is 4. The van der Waals surface area contributed by atoms with E-state index in [-0.39, 0.29) is 30.4 Å². The molecular formula is C85H130Cl2FN14O13P3. The predicted octanol–water partition coefficient (Wildman–Crippen LogP) is 18.6. The van der Waals surface area contributed by atoms with Crippen molar-refractivity contribution < 1.29 is 66.0 Å². The number of anilines is 4. The molecule has 0 radical (unpaired) electrons. The lowest BCUT2D eigenvalue weighted by Gasteiger charge is -2.33. The van der Waals surface area contributed by atoms with E-state index in [1.165, 1.54) is 64.6 Å². The number of nitrogen functional groups attached to an aromatic ring is 2. The van der Waals surface area contributed by atoms with Gasteiger partial charge < -0.3 is 74.6 Å². The SMILES string of the molecule is CCCP1(=O)OP(=O)(CCC)OP(=O)(CCC)O1.CCN(CC)CC.CN1CCC[C@H]1COc1nc(N)c2c(n1)CN(c1cccc3cccc(Cl)c13)CC2.CN1CCC[C@H]1COc1nc(N)c2c(n1)CN(c1cccc3cccc(Cl)c13)CC2.COC/C=C/C(=O)O.[2H]CF.[C-]#[N+]C[C@@H](C)CCC.[C-]#[N+]C[C@@H](C)N(CC)C(=O)/C=C/COC. The van der Waals surface area contributed by atoms with Gasteiger partial charge in [0.05, 0.1) is 74.7 Å². The molecule has 1 amide bonds. The van der Waals surface area contributed by atoms with E-state index in [1.54, 1.807) is 38.9 Å². The number of likely N-dealkylation sites (N-methyl/N-ethyl adjacent to an activating group) is 3. The van der Waals surface area contributed by atoms with E-state index in [9.17, 15) is 27.7 Å². The Morgan fingerprint density at radius 2 is 1.03 bits per heavy atom. The van der Waals surface area contributed by atoms with Crippen LogP contribution in [-0.4, -0.2) is 220 Å². The molecular weight excluding hydrogens is 1610 g/mol. The summed E-state index contributed by atoms with van der Waals surface area (Å²) in [6.07, 6.45) is 16.3. The van der Waals surface area contributed by atoms with Crippen LogP contribution >= 0.6 is 46.0 Å². The highest BCUT2D eigenvalue weighted by molar-refractivity contribution is 7.80. The van der Waals surface area contributed by atoms with Crippen molar-refractivity contribution in [1.82, 2.24) is 39.5 Å². The maximum absolute atomic E-state index is 12.3. The summed E-state index contributed by atoms with van der Waals surface area (Å²) >= 11 is 13.1. The molecule has 5 N–H and O–H groups in total. The number of rotatable bonds is 29. The summed E-state index contributed by atoms with van der Waals surface area (Å²) in [7, 11) is -4.35. The highest BCUT2D eigenvalue weighted by atomic mass is 35.5. The number of hydrogen-bond acceptors (Lipinski definition) is 23. The van der Waals surface area contributed by atoms with Crippen LogP contribution in [0.2, 0.25) is 10.0 Å². The third-order valence-electron chi connectivity index (χ3n) is 20.0. The second-order valence-corrected chi connectivity index (χ2v) is 36.6. The first-order chi connectivity index (χ1) is 57.0. The lowest BCUT2D eigenvalue weighted by molar-refractivity contribution is -0.131. The van der Waals surface area contributed by atoms with Gasteiger partial charge in [-0.05, 0) is 160 Å². The van der Waals surface area contributed by atoms with Gasteiger partial charge in [-0.2, -0.15) is 19.9 Å². The van der Waals surface area contributed by atoms with E-state index in [1.807, 2.05) is 38.1 Å². The summed E-state index contributed by atoms with van der Waals surface area (Å²) in [5.41, 5.74) is 18.7. The first-order valence-corrected chi connectivity index (χ1v) is 46.8. The number of nitrogens with zero attached hydrogens (tertiary/aromatic N) is 12. The summed E-state index contributed by atoms with van der Waals surface area (Å²) in [5.74, 6) is 0.668. The lowest BCUT2D eigenvalue weighted by Crippen LogP contribution is -2.38. The summed E-state index contributed by atoms with van der Waals surface area (Å²) in [6.45, 7) is 45.8. The summed E-state index contributed by atoms with van der Waals surface area (Å²) in [5, 5.41) is 14.0. The Labute approximate surface area is 712 Å². The summed E-state index contributed by atoms with van der Waals surface area (Å²) in [6, 6.07) is 26.2. The molecule has 4 aromatic carbocycles. The number of alkyl halides is 1. The van der Waals surface area contributed by atoms with Crippen LogP contribution in [0.25, 0.3) is 31.2 Å². The van der Waals surface area contributed by atoms with Gasteiger partial charge in [0.15, 0.2) is 0 Å². The third kappa shape index (κ3) is 33.6. The molecule has 11 rings (SSSR count). The minimum absolute atomic E-state index is 0.0350. The van der Waals surface area contributed by atoms with Crippen LogP contribution in [0.15, 0.2) is 97.1 Å². The highest BCUT2D eigenvalue weighted by Crippen LogP contribution is 2.82. The van der Waals surface area contributed by atoms with Crippen molar-refractivity contribution in [3.8, 4) is 12.0 Å². The molecule has 4 atom stereocenters. The van der Waals surface area contributed by atoms with E-state index in [0.717, 1.165) is 123 Å². The van der Waals surface area contributed by atoms with Crippen LogP contribution in [-0.2, 0) is 71.6 Å². The first kappa shape index (κ1) is 101. The van der Waals surface area contributed by atoms with Crippen molar-refractivity contribution in [2.45, 2.75) is 171 Å². The molecule has 6 aromatic rings. The normalized spacial score (nSPS) is 19.9. The van der Waals surface area contributed by atoms with Crippen molar-refractivity contribution in [3.63, 3.8) is 0 Å².